The fraction of sp³-hybridized carbons (Fsp3) is 0.300. The predicted octanol–water partition coefficient (Wildman–Crippen LogP) is 3.91. The summed E-state index contributed by atoms with van der Waals surface area (Å²) < 4.78 is 12.5. The maximum absolute atomic E-state index is 6.39. The maximum Gasteiger partial charge on any atom is 0.151 e. The van der Waals surface area contributed by atoms with E-state index in [9.17, 15) is 0 Å². The van der Waals surface area contributed by atoms with E-state index in [1.807, 2.05) is 36.4 Å². The molecule has 0 saturated heterocycles. The van der Waals surface area contributed by atoms with Crippen molar-refractivity contribution in [1.82, 2.24) is 4.90 Å². The van der Waals surface area contributed by atoms with Crippen molar-refractivity contribution in [3.8, 4) is 5.75 Å². The summed E-state index contributed by atoms with van der Waals surface area (Å²) in [4.78, 5) is 2.13. The minimum Gasteiger partial charge on any atom is -0.482 e. The summed E-state index contributed by atoms with van der Waals surface area (Å²) in [6, 6.07) is 16.3. The van der Waals surface area contributed by atoms with Gasteiger partial charge in [0.1, 0.15) is 11.9 Å². The van der Waals surface area contributed by atoms with Crippen LogP contribution in [0.4, 0.5) is 0 Å². The van der Waals surface area contributed by atoms with Crippen LogP contribution in [-0.4, -0.2) is 31.6 Å². The van der Waals surface area contributed by atoms with Gasteiger partial charge in [0, 0.05) is 17.7 Å². The number of ether oxygens (including phenoxy) is 2. The summed E-state index contributed by atoms with van der Waals surface area (Å²) in [5.74, 6) is 0.844. The minimum atomic E-state index is -0.122. The van der Waals surface area contributed by atoms with E-state index in [2.05, 4.69) is 43.8 Å². The lowest BCUT2D eigenvalue weighted by Gasteiger charge is -2.35. The van der Waals surface area contributed by atoms with E-state index in [4.69, 9.17) is 9.47 Å². The first kappa shape index (κ1) is 15.8. The quantitative estimate of drug-likeness (QED) is 0.836. The van der Waals surface area contributed by atoms with Gasteiger partial charge in [-0.3, -0.25) is 0 Å². The van der Waals surface area contributed by atoms with Crippen LogP contribution in [0.15, 0.2) is 55.1 Å². The van der Waals surface area contributed by atoms with Gasteiger partial charge in [0.15, 0.2) is 6.10 Å². The van der Waals surface area contributed by atoms with Gasteiger partial charge in [0.25, 0.3) is 0 Å². The van der Waals surface area contributed by atoms with Crippen LogP contribution < -0.4 is 4.74 Å². The molecule has 0 bridgehead atoms. The monoisotopic (exact) mass is 309 g/mol. The van der Waals surface area contributed by atoms with Crippen molar-refractivity contribution in [3.63, 3.8) is 0 Å². The Bertz CT molecular complexity index is 681. The van der Waals surface area contributed by atoms with Crippen LogP contribution in [0.5, 0.6) is 5.75 Å². The number of benzene rings is 2. The molecule has 1 aliphatic rings. The average molecular weight is 309 g/mol. The molecule has 23 heavy (non-hydrogen) atoms. The molecule has 0 amide bonds. The van der Waals surface area contributed by atoms with Gasteiger partial charge in [-0.25, -0.2) is 0 Å². The molecule has 0 spiro atoms. The molecule has 0 aliphatic carbocycles. The topological polar surface area (TPSA) is 21.7 Å². The maximum atomic E-state index is 6.39. The highest BCUT2D eigenvalue weighted by atomic mass is 16.5. The smallest absolute Gasteiger partial charge is 0.151 e. The Morgan fingerprint density at radius 2 is 1.91 bits per heavy atom. The van der Waals surface area contributed by atoms with Crippen molar-refractivity contribution in [3.05, 3.63) is 71.8 Å². The molecule has 1 aliphatic heterocycles. The molecule has 2 atom stereocenters. The van der Waals surface area contributed by atoms with Crippen molar-refractivity contribution >= 4 is 6.08 Å². The SMILES string of the molecule is C=Cc1ccccc1OC1c2ccccc2COC1CN(C)C. The van der Waals surface area contributed by atoms with E-state index in [1.165, 1.54) is 11.1 Å². The molecule has 0 aromatic heterocycles. The molecule has 0 radical (unpaired) electrons. The van der Waals surface area contributed by atoms with Gasteiger partial charge in [0.05, 0.1) is 6.61 Å². The Kier molecular flexibility index (Phi) is 4.79. The number of para-hydroxylation sites is 1. The first-order chi connectivity index (χ1) is 11.2. The van der Waals surface area contributed by atoms with E-state index in [-0.39, 0.29) is 12.2 Å². The highest BCUT2D eigenvalue weighted by Crippen LogP contribution is 2.35. The molecule has 120 valence electrons. The Balaban J connectivity index is 1.95. The highest BCUT2D eigenvalue weighted by Gasteiger charge is 2.32. The molecule has 2 aromatic rings. The molecule has 0 fully saturated rings. The lowest BCUT2D eigenvalue weighted by atomic mass is 9.95. The Morgan fingerprint density at radius 1 is 1.17 bits per heavy atom. The van der Waals surface area contributed by atoms with Crippen molar-refractivity contribution < 1.29 is 9.47 Å². The van der Waals surface area contributed by atoms with Gasteiger partial charge in [-0.05, 0) is 25.7 Å². The number of likely N-dealkylation sites (N-methyl/N-ethyl adjacent to an activating group) is 1. The number of hydrogen-bond acceptors (Lipinski definition) is 3. The van der Waals surface area contributed by atoms with Gasteiger partial charge in [-0.15, -0.1) is 0 Å². The molecule has 1 heterocycles. The summed E-state index contributed by atoms with van der Waals surface area (Å²) in [6.07, 6.45) is 1.70. The van der Waals surface area contributed by atoms with Gasteiger partial charge in [-0.2, -0.15) is 0 Å². The molecule has 0 saturated carbocycles. The van der Waals surface area contributed by atoms with Crippen LogP contribution in [0.2, 0.25) is 0 Å². The zero-order chi connectivity index (χ0) is 16.2. The molecule has 2 aromatic carbocycles. The van der Waals surface area contributed by atoms with E-state index >= 15 is 0 Å². The fourth-order valence-corrected chi connectivity index (χ4v) is 2.97. The normalized spacial score (nSPS) is 20.1. The van der Waals surface area contributed by atoms with Crippen LogP contribution in [-0.2, 0) is 11.3 Å². The van der Waals surface area contributed by atoms with E-state index in [0.29, 0.717) is 6.61 Å². The summed E-state index contributed by atoms with van der Waals surface area (Å²) in [5, 5.41) is 0. The second-order valence-corrected chi connectivity index (χ2v) is 6.09. The Morgan fingerprint density at radius 3 is 2.70 bits per heavy atom. The second-order valence-electron chi connectivity index (χ2n) is 6.09. The van der Waals surface area contributed by atoms with Crippen LogP contribution in [0.3, 0.4) is 0 Å². The number of fused-ring (bicyclic) bond motifs is 1. The zero-order valence-corrected chi connectivity index (χ0v) is 13.7. The Hall–Kier alpha value is -2.10. The summed E-state index contributed by atoms with van der Waals surface area (Å²) >= 11 is 0. The van der Waals surface area contributed by atoms with Gasteiger partial charge in [0.2, 0.25) is 0 Å². The molecular weight excluding hydrogens is 286 g/mol. The fourth-order valence-electron chi connectivity index (χ4n) is 2.97. The standard InChI is InChI=1S/C20H23NO2/c1-4-15-9-6-8-12-18(15)23-20-17-11-7-5-10-16(17)14-22-19(20)13-21(2)3/h4-12,19-20H,1,13-14H2,2-3H3. The molecule has 0 N–H and O–H groups in total. The molecule has 3 nitrogen and oxygen atoms in total. The van der Waals surface area contributed by atoms with Crippen molar-refractivity contribution in [2.45, 2.75) is 18.8 Å². The highest BCUT2D eigenvalue weighted by molar-refractivity contribution is 5.55. The number of hydrogen-bond donors (Lipinski definition) is 0. The minimum absolute atomic E-state index is 0.00206. The predicted molar refractivity (Wildman–Crippen MR) is 93.5 cm³/mol. The summed E-state index contributed by atoms with van der Waals surface area (Å²) in [7, 11) is 4.11. The van der Waals surface area contributed by atoms with E-state index < -0.39 is 0 Å². The van der Waals surface area contributed by atoms with Crippen molar-refractivity contribution in [2.24, 2.45) is 0 Å². The number of rotatable bonds is 5. The van der Waals surface area contributed by atoms with E-state index in [1.54, 1.807) is 0 Å². The first-order valence-electron chi connectivity index (χ1n) is 7.91. The molecule has 3 heteroatoms. The summed E-state index contributed by atoms with van der Waals surface area (Å²) in [5.41, 5.74) is 3.41. The number of nitrogens with zero attached hydrogens (tertiary/aromatic N) is 1. The summed E-state index contributed by atoms with van der Waals surface area (Å²) in [6.45, 7) is 5.33. The van der Waals surface area contributed by atoms with Gasteiger partial charge < -0.3 is 14.4 Å². The third kappa shape index (κ3) is 3.46. The van der Waals surface area contributed by atoms with Crippen LogP contribution in [0.25, 0.3) is 6.08 Å². The largest absolute Gasteiger partial charge is 0.482 e. The Labute approximate surface area is 138 Å². The van der Waals surface area contributed by atoms with E-state index in [0.717, 1.165) is 17.9 Å². The third-order valence-corrected chi connectivity index (χ3v) is 4.09. The van der Waals surface area contributed by atoms with Crippen LogP contribution in [0.1, 0.15) is 22.8 Å². The van der Waals surface area contributed by atoms with Crippen molar-refractivity contribution in [2.75, 3.05) is 20.6 Å². The molecule has 2 unspecified atom stereocenters. The van der Waals surface area contributed by atoms with Crippen molar-refractivity contribution in [1.29, 1.82) is 0 Å². The molecular formula is C20H23NO2. The third-order valence-electron chi connectivity index (χ3n) is 4.09. The first-order valence-corrected chi connectivity index (χ1v) is 7.91. The van der Waals surface area contributed by atoms with Gasteiger partial charge in [-0.1, -0.05) is 55.1 Å². The second kappa shape index (κ2) is 6.99. The molecule has 3 rings (SSSR count). The lowest BCUT2D eigenvalue weighted by Crippen LogP contribution is -2.39. The van der Waals surface area contributed by atoms with Gasteiger partial charge >= 0.3 is 0 Å². The zero-order valence-electron chi connectivity index (χ0n) is 13.7. The lowest BCUT2D eigenvalue weighted by molar-refractivity contribution is -0.0617. The average Bonchev–Trinajstić information content (AvgIpc) is 2.57. The van der Waals surface area contributed by atoms with Crippen LogP contribution in [0, 0.1) is 0 Å². The van der Waals surface area contributed by atoms with Crippen LogP contribution >= 0.6 is 0 Å².